The van der Waals surface area contributed by atoms with Gasteiger partial charge in [0.25, 0.3) is 5.92 Å². The summed E-state index contributed by atoms with van der Waals surface area (Å²) < 4.78 is 33.7. The van der Waals surface area contributed by atoms with E-state index in [1.807, 2.05) is 25.1 Å². The summed E-state index contributed by atoms with van der Waals surface area (Å²) in [6.07, 6.45) is 0.462. The molecule has 27 heavy (non-hydrogen) atoms. The van der Waals surface area contributed by atoms with Crippen molar-refractivity contribution in [2.24, 2.45) is 5.41 Å². The molecule has 0 aliphatic carbocycles. The number of methoxy groups -OCH3 is 1. The number of alkyl halides is 2. The Bertz CT molecular complexity index is 728. The van der Waals surface area contributed by atoms with Gasteiger partial charge in [0.15, 0.2) is 0 Å². The van der Waals surface area contributed by atoms with Crippen molar-refractivity contribution in [1.82, 2.24) is 14.8 Å². The van der Waals surface area contributed by atoms with Crippen LogP contribution in [0, 0.1) is 12.3 Å². The minimum absolute atomic E-state index is 0.0152. The number of carbonyl (C=O) groups is 2. The fraction of sp³-hybridized carbons (Fsp3) is 0.632. The molecule has 3 heterocycles. The minimum Gasteiger partial charge on any atom is -0.375 e. The molecule has 0 aromatic carbocycles. The van der Waals surface area contributed by atoms with E-state index >= 15 is 0 Å². The Morgan fingerprint density at radius 1 is 1.33 bits per heavy atom. The first kappa shape index (κ1) is 19.7. The van der Waals surface area contributed by atoms with Crippen molar-refractivity contribution in [2.45, 2.75) is 38.7 Å². The van der Waals surface area contributed by atoms with E-state index in [-0.39, 0.29) is 19.1 Å². The van der Waals surface area contributed by atoms with Crippen LogP contribution in [0.4, 0.5) is 8.78 Å². The lowest BCUT2D eigenvalue weighted by Crippen LogP contribution is -2.62. The number of halogens is 2. The third-order valence-corrected chi connectivity index (χ3v) is 5.26. The summed E-state index contributed by atoms with van der Waals surface area (Å²) in [5.74, 6) is -3.92. The molecule has 1 spiro atoms. The Balaban J connectivity index is 1.82. The molecule has 2 saturated heterocycles. The van der Waals surface area contributed by atoms with Crippen molar-refractivity contribution in [3.8, 4) is 0 Å². The van der Waals surface area contributed by atoms with Crippen molar-refractivity contribution in [1.29, 1.82) is 0 Å². The van der Waals surface area contributed by atoms with E-state index in [1.165, 1.54) is 7.11 Å². The number of ether oxygens (including phenoxy) is 1. The Labute approximate surface area is 157 Å². The Kier molecular flexibility index (Phi) is 5.46. The summed E-state index contributed by atoms with van der Waals surface area (Å²) in [7, 11) is 1.35. The number of hydrogen-bond donors (Lipinski definition) is 0. The average Bonchev–Trinajstić information content (AvgIpc) is 2.58. The van der Waals surface area contributed by atoms with E-state index in [4.69, 9.17) is 4.74 Å². The molecule has 148 valence electrons. The second-order valence-corrected chi connectivity index (χ2v) is 7.60. The van der Waals surface area contributed by atoms with E-state index in [0.717, 1.165) is 16.3 Å². The number of pyridine rings is 1. The quantitative estimate of drug-likeness (QED) is 0.801. The molecule has 1 atom stereocenters. The number of nitrogens with zero attached hydrogens (tertiary/aromatic N) is 3. The van der Waals surface area contributed by atoms with Crippen LogP contribution in [0.15, 0.2) is 18.2 Å². The monoisotopic (exact) mass is 381 g/mol. The molecule has 1 aromatic heterocycles. The van der Waals surface area contributed by atoms with E-state index in [1.54, 1.807) is 4.90 Å². The van der Waals surface area contributed by atoms with Crippen molar-refractivity contribution in [2.75, 3.05) is 33.4 Å². The second kappa shape index (κ2) is 7.50. The Morgan fingerprint density at radius 3 is 2.81 bits per heavy atom. The summed E-state index contributed by atoms with van der Waals surface area (Å²) >= 11 is 0. The number of piperidine rings is 2. The smallest absolute Gasteiger partial charge is 0.266 e. The number of amides is 2. The normalized spacial score (nSPS) is 25.1. The van der Waals surface area contributed by atoms with Gasteiger partial charge >= 0.3 is 0 Å². The lowest BCUT2D eigenvalue weighted by molar-refractivity contribution is -0.176. The van der Waals surface area contributed by atoms with E-state index < -0.39 is 30.2 Å². The van der Waals surface area contributed by atoms with Crippen LogP contribution in [-0.4, -0.2) is 65.9 Å². The van der Waals surface area contributed by atoms with Crippen molar-refractivity contribution in [3.63, 3.8) is 0 Å². The summed E-state index contributed by atoms with van der Waals surface area (Å²) in [6.45, 7) is 1.75. The molecule has 0 radical (unpaired) electrons. The lowest BCUT2D eigenvalue weighted by Gasteiger charge is -2.49. The van der Waals surface area contributed by atoms with Gasteiger partial charge in [-0.15, -0.1) is 0 Å². The van der Waals surface area contributed by atoms with Crippen molar-refractivity contribution in [3.05, 3.63) is 29.6 Å². The van der Waals surface area contributed by atoms with Gasteiger partial charge in [0.1, 0.15) is 6.61 Å². The van der Waals surface area contributed by atoms with Gasteiger partial charge in [0.05, 0.1) is 24.2 Å². The van der Waals surface area contributed by atoms with Crippen LogP contribution in [0.2, 0.25) is 0 Å². The number of likely N-dealkylation sites (tertiary alicyclic amines) is 2. The number of carbonyl (C=O) groups excluding carboxylic acids is 2. The van der Waals surface area contributed by atoms with Crippen molar-refractivity contribution < 1.29 is 23.1 Å². The topological polar surface area (TPSA) is 62.7 Å². The third kappa shape index (κ3) is 4.26. The molecule has 1 aromatic rings. The van der Waals surface area contributed by atoms with E-state index in [9.17, 15) is 18.4 Å². The molecule has 2 fully saturated rings. The molecule has 8 heteroatoms. The molecule has 0 unspecified atom stereocenters. The summed E-state index contributed by atoms with van der Waals surface area (Å²) in [4.78, 5) is 32.5. The molecule has 2 aliphatic rings. The molecular weight excluding hydrogens is 356 g/mol. The lowest BCUT2D eigenvalue weighted by atomic mass is 9.71. The van der Waals surface area contributed by atoms with Crippen LogP contribution >= 0.6 is 0 Å². The van der Waals surface area contributed by atoms with Crippen LogP contribution in [-0.2, 0) is 20.9 Å². The molecule has 2 amide bonds. The molecule has 0 bridgehead atoms. The number of aromatic nitrogens is 1. The van der Waals surface area contributed by atoms with Gasteiger partial charge in [-0.1, -0.05) is 6.07 Å². The Hall–Kier alpha value is -2.09. The maximum Gasteiger partial charge on any atom is 0.266 e. The maximum absolute atomic E-state index is 14.4. The predicted molar refractivity (Wildman–Crippen MR) is 94.1 cm³/mol. The van der Waals surface area contributed by atoms with Gasteiger partial charge in [0, 0.05) is 32.3 Å². The largest absolute Gasteiger partial charge is 0.375 e. The third-order valence-electron chi connectivity index (χ3n) is 5.26. The van der Waals surface area contributed by atoms with Crippen LogP contribution in [0.3, 0.4) is 0 Å². The van der Waals surface area contributed by atoms with Gasteiger partial charge in [-0.05, 0) is 31.9 Å². The zero-order valence-electron chi connectivity index (χ0n) is 15.7. The van der Waals surface area contributed by atoms with Crippen LogP contribution in [0.25, 0.3) is 0 Å². The van der Waals surface area contributed by atoms with E-state index in [2.05, 4.69) is 4.98 Å². The number of hydrogen-bond acceptors (Lipinski definition) is 4. The molecule has 0 saturated carbocycles. The van der Waals surface area contributed by atoms with Gasteiger partial charge in [-0.25, -0.2) is 8.78 Å². The highest BCUT2D eigenvalue weighted by atomic mass is 19.3. The Morgan fingerprint density at radius 2 is 2.11 bits per heavy atom. The fourth-order valence-corrected chi connectivity index (χ4v) is 4.20. The predicted octanol–water partition coefficient (Wildman–Crippen LogP) is 2.01. The first-order valence-corrected chi connectivity index (χ1v) is 9.11. The van der Waals surface area contributed by atoms with Gasteiger partial charge in [-0.2, -0.15) is 0 Å². The van der Waals surface area contributed by atoms with Gasteiger partial charge in [0.2, 0.25) is 11.8 Å². The standard InChI is InChI=1S/C19H25F2N3O3/c1-14-5-3-6-15(22-14)9-23-8-4-7-18(17(23)26)11-19(20,21)13-24(12-18)16(25)10-27-2/h3,5-6H,4,7-13H2,1-2H3/t18-/m1/s1. The SMILES string of the molecule is COCC(=O)N1CC(F)(F)C[C@]2(CCCN(Cc3cccc(C)n3)C2=O)C1. The zero-order valence-corrected chi connectivity index (χ0v) is 15.7. The maximum atomic E-state index is 14.4. The zero-order chi connectivity index (χ0) is 19.7. The highest BCUT2D eigenvalue weighted by molar-refractivity contribution is 5.86. The average molecular weight is 381 g/mol. The summed E-state index contributed by atoms with van der Waals surface area (Å²) in [6, 6.07) is 5.55. The molecule has 2 aliphatic heterocycles. The summed E-state index contributed by atoms with van der Waals surface area (Å²) in [5, 5.41) is 0. The minimum atomic E-state index is -3.10. The molecular formula is C19H25F2N3O3. The fourth-order valence-electron chi connectivity index (χ4n) is 4.20. The van der Waals surface area contributed by atoms with Gasteiger partial charge < -0.3 is 14.5 Å². The highest BCUT2D eigenvalue weighted by Gasteiger charge is 2.56. The molecule has 0 N–H and O–H groups in total. The van der Waals surface area contributed by atoms with E-state index in [0.29, 0.717) is 25.9 Å². The number of rotatable bonds is 4. The summed E-state index contributed by atoms with van der Waals surface area (Å²) in [5.41, 5.74) is 0.329. The first-order valence-electron chi connectivity index (χ1n) is 9.11. The first-order chi connectivity index (χ1) is 12.7. The second-order valence-electron chi connectivity index (χ2n) is 7.60. The van der Waals surface area contributed by atoms with Crippen LogP contribution < -0.4 is 0 Å². The van der Waals surface area contributed by atoms with Gasteiger partial charge in [-0.3, -0.25) is 14.6 Å². The molecule has 6 nitrogen and oxygen atoms in total. The molecule has 3 rings (SSSR count). The number of aryl methyl sites for hydroxylation is 1. The van der Waals surface area contributed by atoms with Crippen LogP contribution in [0.1, 0.15) is 30.7 Å². The van der Waals surface area contributed by atoms with Crippen LogP contribution in [0.5, 0.6) is 0 Å². The highest BCUT2D eigenvalue weighted by Crippen LogP contribution is 2.45. The van der Waals surface area contributed by atoms with Crippen molar-refractivity contribution >= 4 is 11.8 Å².